The quantitative estimate of drug-likeness (QED) is 0.606. The highest BCUT2D eigenvalue weighted by molar-refractivity contribution is 5.94. The van der Waals surface area contributed by atoms with Crippen molar-refractivity contribution in [3.05, 3.63) is 83.4 Å². The predicted molar refractivity (Wildman–Crippen MR) is 98.5 cm³/mol. The van der Waals surface area contributed by atoms with Crippen LogP contribution in [0.2, 0.25) is 0 Å². The second-order valence-electron chi connectivity index (χ2n) is 6.13. The van der Waals surface area contributed by atoms with Crippen molar-refractivity contribution < 1.29 is 9.18 Å². The van der Waals surface area contributed by atoms with E-state index in [0.717, 1.165) is 11.3 Å². The number of nitrogens with one attached hydrogen (secondary N) is 1. The topological polar surface area (TPSA) is 72.2 Å². The third-order valence-electron chi connectivity index (χ3n) is 4.20. The van der Waals surface area contributed by atoms with Crippen LogP contribution in [0.5, 0.6) is 0 Å². The molecular weight excluding hydrogens is 345 g/mol. The largest absolute Gasteiger partial charge is 0.345 e. The van der Waals surface area contributed by atoms with Gasteiger partial charge in [-0.1, -0.05) is 42.0 Å². The van der Waals surface area contributed by atoms with E-state index in [1.54, 1.807) is 10.6 Å². The van der Waals surface area contributed by atoms with E-state index in [2.05, 4.69) is 20.6 Å². The molecule has 0 unspecified atom stereocenters. The Morgan fingerprint density at radius 3 is 2.59 bits per heavy atom. The Labute approximate surface area is 154 Å². The van der Waals surface area contributed by atoms with E-state index in [1.165, 1.54) is 23.8 Å². The molecule has 0 aliphatic carbocycles. The summed E-state index contributed by atoms with van der Waals surface area (Å²) in [5.41, 5.74) is 3.46. The molecule has 1 amide bonds. The lowest BCUT2D eigenvalue weighted by Gasteiger charge is -2.06. The van der Waals surface area contributed by atoms with Crippen LogP contribution < -0.4 is 5.32 Å². The number of amides is 1. The fraction of sp³-hybridized carbons (Fsp3) is 0.100. The van der Waals surface area contributed by atoms with E-state index in [9.17, 15) is 9.18 Å². The predicted octanol–water partition coefficient (Wildman–Crippen LogP) is 3.17. The van der Waals surface area contributed by atoms with Gasteiger partial charge in [-0.25, -0.2) is 4.39 Å². The van der Waals surface area contributed by atoms with E-state index in [0.29, 0.717) is 11.5 Å². The summed E-state index contributed by atoms with van der Waals surface area (Å²) in [5.74, 6) is -0.621. The molecule has 0 fully saturated rings. The van der Waals surface area contributed by atoms with Crippen LogP contribution in [0.15, 0.2) is 60.7 Å². The molecule has 2 aromatic carbocycles. The highest BCUT2D eigenvalue weighted by atomic mass is 19.1. The Hall–Kier alpha value is -3.61. The van der Waals surface area contributed by atoms with Gasteiger partial charge in [0.15, 0.2) is 11.5 Å². The molecule has 0 spiro atoms. The molecule has 0 aliphatic rings. The molecule has 4 aromatic rings. The first kappa shape index (κ1) is 16.8. The van der Waals surface area contributed by atoms with Crippen LogP contribution in [0.25, 0.3) is 16.9 Å². The molecule has 0 saturated heterocycles. The highest BCUT2D eigenvalue weighted by Gasteiger charge is 2.13. The first-order valence-electron chi connectivity index (χ1n) is 8.43. The van der Waals surface area contributed by atoms with Gasteiger partial charge in [-0.3, -0.25) is 4.79 Å². The Kier molecular flexibility index (Phi) is 4.33. The fourth-order valence-electron chi connectivity index (χ4n) is 2.72. The third-order valence-corrected chi connectivity index (χ3v) is 4.20. The molecule has 6 nitrogen and oxygen atoms in total. The van der Waals surface area contributed by atoms with Crippen molar-refractivity contribution in [3.8, 4) is 11.3 Å². The number of halogens is 1. The van der Waals surface area contributed by atoms with Crippen LogP contribution in [0.4, 0.5) is 4.39 Å². The molecule has 0 saturated carbocycles. The number of aryl methyl sites for hydroxylation is 1. The van der Waals surface area contributed by atoms with Crippen molar-refractivity contribution in [1.82, 2.24) is 25.1 Å². The minimum atomic E-state index is -0.569. The summed E-state index contributed by atoms with van der Waals surface area (Å²) < 4.78 is 15.3. The Morgan fingerprint density at radius 2 is 1.81 bits per heavy atom. The van der Waals surface area contributed by atoms with Crippen LogP contribution >= 0.6 is 0 Å². The molecule has 4 rings (SSSR count). The molecule has 0 atom stereocenters. The summed E-state index contributed by atoms with van der Waals surface area (Å²) in [4.78, 5) is 12.2. The van der Waals surface area contributed by atoms with Gasteiger partial charge in [-0.15, -0.1) is 10.2 Å². The van der Waals surface area contributed by atoms with Crippen molar-refractivity contribution >= 4 is 11.6 Å². The first-order valence-corrected chi connectivity index (χ1v) is 8.43. The van der Waals surface area contributed by atoms with Crippen LogP contribution in [-0.4, -0.2) is 25.7 Å². The zero-order chi connectivity index (χ0) is 18.8. The number of benzene rings is 2. The summed E-state index contributed by atoms with van der Waals surface area (Å²) in [7, 11) is 0. The molecule has 7 heteroatoms. The molecule has 0 aliphatic heterocycles. The summed E-state index contributed by atoms with van der Waals surface area (Å²) in [6, 6.07) is 17.5. The lowest BCUT2D eigenvalue weighted by Crippen LogP contribution is -2.25. The van der Waals surface area contributed by atoms with E-state index in [4.69, 9.17) is 0 Å². The number of hydrogen-bond donors (Lipinski definition) is 1. The van der Waals surface area contributed by atoms with Gasteiger partial charge in [0.05, 0.1) is 17.8 Å². The first-order chi connectivity index (χ1) is 13.1. The summed E-state index contributed by atoms with van der Waals surface area (Å²) in [6.07, 6.45) is 0. The number of hydrogen-bond acceptors (Lipinski definition) is 4. The second-order valence-corrected chi connectivity index (χ2v) is 6.13. The SMILES string of the molecule is Cc1ccc(-c2ccc3nnc(CNC(=O)c4ccccc4F)n3n2)cc1. The van der Waals surface area contributed by atoms with E-state index in [1.807, 2.05) is 43.3 Å². The number of carbonyl (C=O) groups is 1. The highest BCUT2D eigenvalue weighted by Crippen LogP contribution is 2.18. The molecule has 134 valence electrons. The van der Waals surface area contributed by atoms with Gasteiger partial charge in [0.1, 0.15) is 5.82 Å². The molecule has 0 radical (unpaired) electrons. The van der Waals surface area contributed by atoms with E-state index in [-0.39, 0.29) is 12.1 Å². The van der Waals surface area contributed by atoms with Crippen LogP contribution in [0, 0.1) is 12.7 Å². The van der Waals surface area contributed by atoms with Gasteiger partial charge >= 0.3 is 0 Å². The van der Waals surface area contributed by atoms with Gasteiger partial charge in [-0.05, 0) is 31.2 Å². The summed E-state index contributed by atoms with van der Waals surface area (Å²) >= 11 is 0. The normalized spacial score (nSPS) is 10.9. The van der Waals surface area contributed by atoms with Crippen LogP contribution in [-0.2, 0) is 6.54 Å². The maximum atomic E-state index is 13.7. The fourth-order valence-corrected chi connectivity index (χ4v) is 2.72. The maximum absolute atomic E-state index is 13.7. The van der Waals surface area contributed by atoms with Crippen LogP contribution in [0.1, 0.15) is 21.7 Å². The van der Waals surface area contributed by atoms with E-state index < -0.39 is 11.7 Å². The molecule has 0 bridgehead atoms. The Morgan fingerprint density at radius 1 is 1.04 bits per heavy atom. The lowest BCUT2D eigenvalue weighted by molar-refractivity contribution is 0.0945. The van der Waals surface area contributed by atoms with Crippen molar-refractivity contribution in [2.45, 2.75) is 13.5 Å². The summed E-state index contributed by atoms with van der Waals surface area (Å²) in [5, 5.41) is 15.4. The van der Waals surface area contributed by atoms with Crippen molar-refractivity contribution in [2.24, 2.45) is 0 Å². The molecule has 2 heterocycles. The Bertz CT molecular complexity index is 1120. The van der Waals surface area contributed by atoms with Crippen molar-refractivity contribution in [1.29, 1.82) is 0 Å². The average Bonchev–Trinajstić information content (AvgIpc) is 3.09. The van der Waals surface area contributed by atoms with Crippen molar-refractivity contribution in [2.75, 3.05) is 0 Å². The molecular formula is C20H16FN5O. The van der Waals surface area contributed by atoms with Crippen LogP contribution in [0.3, 0.4) is 0 Å². The molecule has 1 N–H and O–H groups in total. The van der Waals surface area contributed by atoms with Gasteiger partial charge < -0.3 is 5.32 Å². The monoisotopic (exact) mass is 361 g/mol. The number of fused-ring (bicyclic) bond motifs is 1. The maximum Gasteiger partial charge on any atom is 0.254 e. The number of aromatic nitrogens is 4. The van der Waals surface area contributed by atoms with Crippen molar-refractivity contribution in [3.63, 3.8) is 0 Å². The van der Waals surface area contributed by atoms with Gasteiger partial charge in [0.25, 0.3) is 5.91 Å². The zero-order valence-electron chi connectivity index (χ0n) is 14.6. The standard InChI is InChI=1S/C20H16FN5O/c1-13-6-8-14(9-7-13)17-10-11-18-23-24-19(26(18)25-17)12-22-20(27)15-4-2-3-5-16(15)21/h2-11H,12H2,1H3,(H,22,27). The summed E-state index contributed by atoms with van der Waals surface area (Å²) in [6.45, 7) is 2.11. The second kappa shape index (κ2) is 6.95. The van der Waals surface area contributed by atoms with Gasteiger partial charge in [-0.2, -0.15) is 9.61 Å². The lowest BCUT2D eigenvalue weighted by atomic mass is 10.1. The minimum absolute atomic E-state index is 0.0142. The molecule has 2 aromatic heterocycles. The number of nitrogens with zero attached hydrogens (tertiary/aromatic N) is 4. The molecule has 27 heavy (non-hydrogen) atoms. The zero-order valence-corrected chi connectivity index (χ0v) is 14.6. The smallest absolute Gasteiger partial charge is 0.254 e. The van der Waals surface area contributed by atoms with E-state index >= 15 is 0 Å². The van der Waals surface area contributed by atoms with Gasteiger partial charge in [0.2, 0.25) is 0 Å². The minimum Gasteiger partial charge on any atom is -0.345 e. The number of rotatable bonds is 4. The third kappa shape index (κ3) is 3.39. The number of carbonyl (C=O) groups excluding carboxylic acids is 1. The Balaban J connectivity index is 1.59. The average molecular weight is 361 g/mol. The van der Waals surface area contributed by atoms with Gasteiger partial charge in [0, 0.05) is 5.56 Å².